The van der Waals surface area contributed by atoms with Crippen molar-refractivity contribution in [2.75, 3.05) is 0 Å². The van der Waals surface area contributed by atoms with Gasteiger partial charge in [0.15, 0.2) is 18.6 Å². The van der Waals surface area contributed by atoms with Gasteiger partial charge in [0, 0.05) is 52.6 Å². The van der Waals surface area contributed by atoms with Crippen LogP contribution in [0.25, 0.3) is 32.7 Å². The van der Waals surface area contributed by atoms with E-state index in [1.165, 1.54) is 32.7 Å². The van der Waals surface area contributed by atoms with Gasteiger partial charge in [-0.1, -0.05) is 36.4 Å². The van der Waals surface area contributed by atoms with Crippen LogP contribution in [0.15, 0.2) is 128 Å². The van der Waals surface area contributed by atoms with Crippen molar-refractivity contribution in [1.29, 1.82) is 0 Å². The van der Waals surface area contributed by atoms with E-state index in [1.807, 2.05) is 73.2 Å². The Labute approximate surface area is 337 Å². The molecule has 0 saturated carbocycles. The number of hydrogen-bond donors (Lipinski definition) is 0. The Kier molecular flexibility index (Phi) is 38.1. The topological polar surface area (TPSA) is 471 Å². The van der Waals surface area contributed by atoms with Crippen molar-refractivity contribution in [2.24, 2.45) is 0 Å². The molecule has 0 aliphatic carbocycles. The van der Waals surface area contributed by atoms with Crippen molar-refractivity contribution in [3.05, 3.63) is 220 Å². The van der Waals surface area contributed by atoms with Crippen molar-refractivity contribution in [1.82, 2.24) is 0 Å². The summed E-state index contributed by atoms with van der Waals surface area (Å²) in [7, 11) is 0. The Hall–Kier alpha value is -7.76. The standard InChI is InChI=1S/3C9H7N.La.6NO3.H2O/c3*1-2-6-9-8(4-1)5-3-7-10-9;;6*2-1(3)4;/h3*1-7H;;;;;;;;1H2/q;;;+3;6*-1;/p+3. The normalized spacial score (nSPS) is 7.93. The van der Waals surface area contributed by atoms with Gasteiger partial charge in [0.1, 0.15) is 0 Å². The Morgan fingerprint density at radius 2 is 0.446 bits per heavy atom. The third kappa shape index (κ3) is 44.3. The largest absolute Gasteiger partial charge is 3.00 e. The summed E-state index contributed by atoms with van der Waals surface area (Å²) in [4.78, 5) is 59.0. The van der Waals surface area contributed by atoms with Crippen molar-refractivity contribution in [3.63, 3.8) is 0 Å². The van der Waals surface area contributed by atoms with Gasteiger partial charge in [-0.3, -0.25) is 0 Å². The van der Waals surface area contributed by atoms with Gasteiger partial charge in [0.2, 0.25) is 16.6 Å². The molecule has 0 spiro atoms. The van der Waals surface area contributed by atoms with Crippen LogP contribution in [0, 0.1) is 128 Å². The maximum atomic E-state index is 8.25. The number of hydrogen-bond acceptors (Lipinski definition) is 18. The van der Waals surface area contributed by atoms with Crippen LogP contribution in [0.3, 0.4) is 0 Å². The van der Waals surface area contributed by atoms with E-state index in [4.69, 9.17) is 91.9 Å². The van der Waals surface area contributed by atoms with Crippen LogP contribution in [-0.4, -0.2) is 36.0 Å². The molecule has 29 heteroatoms. The predicted molar refractivity (Wildman–Crippen MR) is 187 cm³/mol. The molecule has 0 aliphatic rings. The van der Waals surface area contributed by atoms with Crippen LogP contribution in [0.1, 0.15) is 0 Å². The summed E-state index contributed by atoms with van der Waals surface area (Å²) in [5.74, 6) is 0. The number of benzene rings is 3. The van der Waals surface area contributed by atoms with E-state index >= 15 is 0 Å². The number of rotatable bonds is 0. The molecular formula is C27H26LaN9O19. The smallest absolute Gasteiger partial charge is 0.412 e. The summed E-state index contributed by atoms with van der Waals surface area (Å²) < 4.78 is 0. The maximum absolute atomic E-state index is 8.25. The first-order valence-electron chi connectivity index (χ1n) is 13.3. The first-order valence-corrected chi connectivity index (χ1v) is 13.3. The van der Waals surface area contributed by atoms with Gasteiger partial charge in [-0.2, -0.15) is 0 Å². The molecule has 0 bridgehead atoms. The Morgan fingerprint density at radius 3 is 0.607 bits per heavy atom. The molecule has 56 heavy (non-hydrogen) atoms. The first kappa shape index (κ1) is 57.6. The van der Waals surface area contributed by atoms with E-state index in [9.17, 15) is 0 Å². The minimum atomic E-state index is -1.75. The number of fused-ring (bicyclic) bond motifs is 3. The van der Waals surface area contributed by atoms with Gasteiger partial charge in [-0.05, 0) is 36.4 Å². The molecular weight excluding hydrogens is 893 g/mol. The zero-order valence-corrected chi connectivity index (χ0v) is 31.4. The second-order valence-corrected chi connectivity index (χ2v) is 8.11. The molecule has 0 unspecified atom stereocenters. The van der Waals surface area contributed by atoms with Gasteiger partial charge in [0.25, 0.3) is 0 Å². The van der Waals surface area contributed by atoms with Gasteiger partial charge in [0.05, 0.1) is 30.5 Å². The Morgan fingerprint density at radius 1 is 0.304 bits per heavy atom. The molecule has 6 aromatic rings. The monoisotopic (exact) mass is 919 g/mol. The molecule has 0 aliphatic heterocycles. The van der Waals surface area contributed by atoms with Crippen LogP contribution in [0.4, 0.5) is 0 Å². The molecule has 0 fully saturated rings. The van der Waals surface area contributed by atoms with Crippen LogP contribution in [0.5, 0.6) is 0 Å². The maximum Gasteiger partial charge on any atom is 3.00 e. The van der Waals surface area contributed by atoms with E-state index in [0.717, 1.165) is 0 Å². The number of aromatic amines is 3. The number of nitrogens with zero attached hydrogens (tertiary/aromatic N) is 6. The number of para-hydroxylation sites is 3. The van der Waals surface area contributed by atoms with E-state index in [1.54, 1.807) is 0 Å². The number of pyridine rings is 3. The Bertz CT molecular complexity index is 1530. The zero-order chi connectivity index (χ0) is 41.9. The Balaban J connectivity index is -0.000000181. The van der Waals surface area contributed by atoms with Crippen molar-refractivity contribution < 1.29 is 86.5 Å². The minimum absolute atomic E-state index is 0. The average Bonchev–Trinajstić information content (AvgIpc) is 3.08. The van der Waals surface area contributed by atoms with E-state index in [-0.39, 0.29) is 41.1 Å². The fraction of sp³-hybridized carbons (Fsp3) is 0. The third-order valence-electron chi connectivity index (χ3n) is 4.71. The summed E-state index contributed by atoms with van der Waals surface area (Å²) >= 11 is 0. The quantitative estimate of drug-likeness (QED) is 0.156. The molecule has 3 aromatic carbocycles. The second-order valence-electron chi connectivity index (χ2n) is 8.11. The van der Waals surface area contributed by atoms with Crippen LogP contribution in [0.2, 0.25) is 0 Å². The molecule has 296 valence electrons. The summed E-state index contributed by atoms with van der Waals surface area (Å²) in [6.07, 6.45) is 5.80. The predicted octanol–water partition coefficient (Wildman–Crippen LogP) is 2.70. The summed E-state index contributed by atoms with van der Waals surface area (Å²) in [6, 6.07) is 36.9. The molecule has 0 amide bonds. The molecule has 0 atom stereocenters. The summed E-state index contributed by atoms with van der Waals surface area (Å²) in [6.45, 7) is 0. The number of aromatic nitrogens is 3. The summed E-state index contributed by atoms with van der Waals surface area (Å²) in [5, 5.41) is 92.3. The van der Waals surface area contributed by atoms with E-state index < -0.39 is 30.5 Å². The second kappa shape index (κ2) is 37.0. The van der Waals surface area contributed by atoms with Crippen molar-refractivity contribution in [3.8, 4) is 0 Å². The molecule has 3 heterocycles. The fourth-order valence-corrected chi connectivity index (χ4v) is 3.19. The van der Waals surface area contributed by atoms with Crippen molar-refractivity contribution in [2.45, 2.75) is 0 Å². The zero-order valence-electron chi connectivity index (χ0n) is 27.7. The third-order valence-corrected chi connectivity index (χ3v) is 4.71. The van der Waals surface area contributed by atoms with Crippen molar-refractivity contribution >= 4 is 32.7 Å². The fourth-order valence-electron chi connectivity index (χ4n) is 3.19. The molecule has 28 nitrogen and oxygen atoms in total. The van der Waals surface area contributed by atoms with E-state index in [0.29, 0.717) is 0 Å². The minimum Gasteiger partial charge on any atom is -0.412 e. The van der Waals surface area contributed by atoms with Crippen LogP contribution < -0.4 is 15.0 Å². The first-order chi connectivity index (χ1) is 25.3. The molecule has 0 radical (unpaired) electrons. The molecule has 5 N–H and O–H groups in total. The van der Waals surface area contributed by atoms with Gasteiger partial charge in [-0.15, -0.1) is 0 Å². The molecule has 3 aromatic heterocycles. The summed E-state index contributed by atoms with van der Waals surface area (Å²) in [5.41, 5.74) is 3.56. The molecule has 0 saturated heterocycles. The van der Waals surface area contributed by atoms with Crippen LogP contribution >= 0.6 is 0 Å². The van der Waals surface area contributed by atoms with Crippen LogP contribution in [-0.2, 0) is 0 Å². The van der Waals surface area contributed by atoms with E-state index in [2.05, 4.69) is 69.5 Å². The average molecular weight is 919 g/mol. The van der Waals surface area contributed by atoms with Gasteiger partial charge < -0.3 is 97.4 Å². The van der Waals surface area contributed by atoms with Gasteiger partial charge >= 0.3 is 35.6 Å². The SMILES string of the molecule is O.O=[N+]([O-])[O-].O=[N+]([O-])[O-].O=[N+]([O-])[O-].O=[N+]([O-])[O-].O=[N+]([O-])[O-].O=[N+]([O-])[O-].[La+3].c1ccc2[nH+]cccc2c1.c1ccc2[nH+]cccc2c1.c1ccc2[nH+]cccc2c1. The number of H-pyrrole nitrogens is 3. The van der Waals surface area contributed by atoms with Gasteiger partial charge in [-0.25, -0.2) is 15.0 Å². The molecule has 6 rings (SSSR count). The number of nitrogens with one attached hydrogen (secondary N) is 3.